The molecule has 1 saturated carbocycles. The van der Waals surface area contributed by atoms with Crippen molar-refractivity contribution in [2.45, 2.75) is 45.1 Å². The van der Waals surface area contributed by atoms with Gasteiger partial charge in [-0.3, -0.25) is 9.97 Å². The van der Waals surface area contributed by atoms with Crippen molar-refractivity contribution < 1.29 is 0 Å². The van der Waals surface area contributed by atoms with Crippen LogP contribution in [0.5, 0.6) is 0 Å². The minimum Gasteiger partial charge on any atom is -0.371 e. The largest absolute Gasteiger partial charge is 0.371 e. The highest BCUT2D eigenvalue weighted by molar-refractivity contribution is 5.61. The topological polar surface area (TPSA) is 66.8 Å². The molecular formula is C20H26N6. The second-order valence-electron chi connectivity index (χ2n) is 7.52. The maximum absolute atomic E-state index is 4.43. The number of anilines is 1. The molecule has 3 heterocycles. The highest BCUT2D eigenvalue weighted by atomic mass is 15.2. The fraction of sp³-hybridized carbons (Fsp3) is 0.500. The molecule has 2 aromatic rings. The first-order chi connectivity index (χ1) is 12.7. The predicted molar refractivity (Wildman–Crippen MR) is 102 cm³/mol. The Kier molecular flexibility index (Phi) is 4.82. The van der Waals surface area contributed by atoms with Gasteiger partial charge in [0.15, 0.2) is 0 Å². The summed E-state index contributed by atoms with van der Waals surface area (Å²) in [4.78, 5) is 19.6. The summed E-state index contributed by atoms with van der Waals surface area (Å²) in [5, 5.41) is 3.18. The number of hydrogen-bond donors (Lipinski definition) is 1. The summed E-state index contributed by atoms with van der Waals surface area (Å²) in [6.45, 7) is 7.11. The van der Waals surface area contributed by atoms with Crippen LogP contribution in [0, 0.1) is 5.41 Å². The standard InChI is InChI=1S/C20H26N6/c1-16(26-10-7-20(15-26)5-3-2-4-6-20)17-11-23-19(24-12-17)25-14-18-13-21-8-9-22-18/h8-9,11-13H,1-7,10,14-15H2,(H,23,24,25). The zero-order valence-electron chi connectivity index (χ0n) is 15.2. The van der Waals surface area contributed by atoms with E-state index >= 15 is 0 Å². The van der Waals surface area contributed by atoms with Gasteiger partial charge in [0.05, 0.1) is 18.4 Å². The number of hydrogen-bond acceptors (Lipinski definition) is 6. The van der Waals surface area contributed by atoms with Crippen molar-refractivity contribution in [3.63, 3.8) is 0 Å². The van der Waals surface area contributed by atoms with Gasteiger partial charge >= 0.3 is 0 Å². The van der Waals surface area contributed by atoms with Crippen LogP contribution >= 0.6 is 0 Å². The lowest BCUT2D eigenvalue weighted by molar-refractivity contribution is 0.202. The summed E-state index contributed by atoms with van der Waals surface area (Å²) >= 11 is 0. The van der Waals surface area contributed by atoms with E-state index in [1.165, 1.54) is 38.5 Å². The molecule has 0 bridgehead atoms. The average molecular weight is 350 g/mol. The lowest BCUT2D eigenvalue weighted by Crippen LogP contribution is -2.28. The summed E-state index contributed by atoms with van der Waals surface area (Å²) in [7, 11) is 0. The first-order valence-corrected chi connectivity index (χ1v) is 9.49. The van der Waals surface area contributed by atoms with Crippen LogP contribution in [0.3, 0.4) is 0 Å². The van der Waals surface area contributed by atoms with Crippen LogP contribution in [0.1, 0.15) is 49.8 Å². The van der Waals surface area contributed by atoms with E-state index in [0.717, 1.165) is 30.0 Å². The molecule has 2 aromatic heterocycles. The van der Waals surface area contributed by atoms with E-state index in [4.69, 9.17) is 0 Å². The Hall–Kier alpha value is -2.50. The molecule has 0 aromatic carbocycles. The van der Waals surface area contributed by atoms with Crippen LogP contribution in [0.15, 0.2) is 37.6 Å². The van der Waals surface area contributed by atoms with E-state index in [-0.39, 0.29) is 0 Å². The maximum atomic E-state index is 4.43. The fourth-order valence-corrected chi connectivity index (χ4v) is 4.22. The summed E-state index contributed by atoms with van der Waals surface area (Å²) in [5.74, 6) is 0.595. The molecule has 1 N–H and O–H groups in total. The highest BCUT2D eigenvalue weighted by Crippen LogP contribution is 2.45. The molecule has 1 saturated heterocycles. The molecule has 1 aliphatic heterocycles. The van der Waals surface area contributed by atoms with Gasteiger partial charge in [0, 0.05) is 49.1 Å². The Morgan fingerprint density at radius 1 is 1.04 bits per heavy atom. The maximum Gasteiger partial charge on any atom is 0.222 e. The molecule has 0 atom stereocenters. The molecular weight excluding hydrogens is 324 g/mol. The second kappa shape index (κ2) is 7.40. The third-order valence-corrected chi connectivity index (χ3v) is 5.76. The normalized spacial score (nSPS) is 18.8. The molecule has 2 aliphatic rings. The van der Waals surface area contributed by atoms with Gasteiger partial charge in [-0.15, -0.1) is 0 Å². The number of rotatable bonds is 5. The van der Waals surface area contributed by atoms with Crippen molar-refractivity contribution in [3.05, 3.63) is 48.8 Å². The van der Waals surface area contributed by atoms with Crippen LogP contribution in [0.25, 0.3) is 5.70 Å². The van der Waals surface area contributed by atoms with Gasteiger partial charge in [0.1, 0.15) is 0 Å². The number of nitrogens with one attached hydrogen (secondary N) is 1. The summed E-state index contributed by atoms with van der Waals surface area (Å²) in [6, 6.07) is 0. The number of nitrogens with zero attached hydrogens (tertiary/aromatic N) is 5. The molecule has 0 radical (unpaired) electrons. The first kappa shape index (κ1) is 16.9. The molecule has 0 unspecified atom stereocenters. The van der Waals surface area contributed by atoms with Gasteiger partial charge in [-0.1, -0.05) is 25.8 Å². The first-order valence-electron chi connectivity index (χ1n) is 9.49. The van der Waals surface area contributed by atoms with Crippen LogP contribution in [-0.2, 0) is 6.54 Å². The van der Waals surface area contributed by atoms with E-state index in [9.17, 15) is 0 Å². The lowest BCUT2D eigenvalue weighted by atomic mass is 9.73. The molecule has 6 nitrogen and oxygen atoms in total. The summed E-state index contributed by atoms with van der Waals surface area (Å²) in [5.41, 5.74) is 3.44. The van der Waals surface area contributed by atoms with E-state index < -0.39 is 0 Å². The van der Waals surface area contributed by atoms with Crippen LogP contribution < -0.4 is 5.32 Å². The van der Waals surface area contributed by atoms with Crippen molar-refractivity contribution in [3.8, 4) is 0 Å². The molecule has 6 heteroatoms. The summed E-state index contributed by atoms with van der Waals surface area (Å²) < 4.78 is 0. The van der Waals surface area contributed by atoms with Crippen LogP contribution in [0.4, 0.5) is 5.95 Å². The van der Waals surface area contributed by atoms with Crippen molar-refractivity contribution in [2.75, 3.05) is 18.4 Å². The smallest absolute Gasteiger partial charge is 0.222 e. The van der Waals surface area contributed by atoms with Crippen molar-refractivity contribution in [1.29, 1.82) is 0 Å². The molecule has 1 spiro atoms. The Morgan fingerprint density at radius 3 is 2.58 bits per heavy atom. The average Bonchev–Trinajstić information content (AvgIpc) is 3.11. The molecule has 136 valence electrons. The Balaban J connectivity index is 1.35. The number of aromatic nitrogens is 4. The number of likely N-dealkylation sites (tertiary alicyclic amines) is 1. The minimum atomic E-state index is 0.528. The van der Waals surface area contributed by atoms with Gasteiger partial charge in [-0.2, -0.15) is 0 Å². The van der Waals surface area contributed by atoms with Gasteiger partial charge < -0.3 is 10.2 Å². The SMILES string of the molecule is C=C(c1cnc(NCc2cnccn2)nc1)N1CCC2(CCCCC2)C1. The summed E-state index contributed by atoms with van der Waals surface area (Å²) in [6.07, 6.45) is 17.0. The Labute approximate surface area is 154 Å². The molecule has 4 rings (SSSR count). The van der Waals surface area contributed by atoms with Gasteiger partial charge in [-0.05, 0) is 24.7 Å². The quantitative estimate of drug-likeness (QED) is 0.890. The Morgan fingerprint density at radius 2 is 1.85 bits per heavy atom. The highest BCUT2D eigenvalue weighted by Gasteiger charge is 2.39. The zero-order valence-corrected chi connectivity index (χ0v) is 15.2. The second-order valence-corrected chi connectivity index (χ2v) is 7.52. The van der Waals surface area contributed by atoms with Gasteiger partial charge in [-0.25, -0.2) is 9.97 Å². The van der Waals surface area contributed by atoms with Crippen LogP contribution in [-0.4, -0.2) is 37.9 Å². The Bertz CT molecular complexity index is 737. The van der Waals surface area contributed by atoms with E-state index in [2.05, 4.69) is 36.7 Å². The minimum absolute atomic E-state index is 0.528. The van der Waals surface area contributed by atoms with E-state index in [0.29, 0.717) is 17.9 Å². The lowest BCUT2D eigenvalue weighted by Gasteiger charge is -2.33. The monoisotopic (exact) mass is 350 g/mol. The zero-order chi connectivity index (χ0) is 17.8. The van der Waals surface area contributed by atoms with E-state index in [1.54, 1.807) is 18.6 Å². The van der Waals surface area contributed by atoms with Gasteiger partial charge in [0.2, 0.25) is 5.95 Å². The fourth-order valence-electron chi connectivity index (χ4n) is 4.22. The van der Waals surface area contributed by atoms with Crippen molar-refractivity contribution in [2.24, 2.45) is 5.41 Å². The molecule has 0 amide bonds. The third-order valence-electron chi connectivity index (χ3n) is 5.76. The molecule has 2 fully saturated rings. The predicted octanol–water partition coefficient (Wildman–Crippen LogP) is 3.51. The van der Waals surface area contributed by atoms with Crippen LogP contribution in [0.2, 0.25) is 0 Å². The molecule has 26 heavy (non-hydrogen) atoms. The van der Waals surface area contributed by atoms with Crippen molar-refractivity contribution >= 4 is 11.6 Å². The van der Waals surface area contributed by atoms with Gasteiger partial charge in [0.25, 0.3) is 0 Å². The third kappa shape index (κ3) is 3.69. The molecule has 1 aliphatic carbocycles. The van der Waals surface area contributed by atoms with E-state index in [1.807, 2.05) is 12.4 Å². The van der Waals surface area contributed by atoms with Crippen molar-refractivity contribution in [1.82, 2.24) is 24.8 Å².